The lowest BCUT2D eigenvalue weighted by Gasteiger charge is -2.02. The van der Waals surface area contributed by atoms with Gasteiger partial charge in [-0.15, -0.1) is 11.3 Å². The van der Waals surface area contributed by atoms with Crippen molar-refractivity contribution in [1.82, 2.24) is 5.32 Å². The molecule has 0 aromatic carbocycles. The van der Waals surface area contributed by atoms with E-state index in [9.17, 15) is 9.59 Å². The van der Waals surface area contributed by atoms with Crippen molar-refractivity contribution >= 4 is 28.9 Å². The van der Waals surface area contributed by atoms with Crippen LogP contribution in [0.4, 0.5) is 5.69 Å². The quantitative estimate of drug-likeness (QED) is 0.686. The van der Waals surface area contributed by atoms with Crippen LogP contribution in [0.1, 0.15) is 9.67 Å². The summed E-state index contributed by atoms with van der Waals surface area (Å²) in [5.74, 6) is -1.42. The molecule has 0 unspecified atom stereocenters. The third-order valence-electron chi connectivity index (χ3n) is 1.54. The summed E-state index contributed by atoms with van der Waals surface area (Å²) in [6.45, 7) is -0.361. The van der Waals surface area contributed by atoms with Gasteiger partial charge in [-0.3, -0.25) is 9.59 Å². The Morgan fingerprint density at radius 3 is 2.86 bits per heavy atom. The van der Waals surface area contributed by atoms with E-state index >= 15 is 0 Å². The van der Waals surface area contributed by atoms with Gasteiger partial charge in [0.05, 0.1) is 5.69 Å². The van der Waals surface area contributed by atoms with Gasteiger partial charge in [0.2, 0.25) is 0 Å². The van der Waals surface area contributed by atoms with Gasteiger partial charge in [-0.1, -0.05) is 0 Å². The van der Waals surface area contributed by atoms with Gasteiger partial charge in [0.15, 0.2) is 0 Å². The summed E-state index contributed by atoms with van der Waals surface area (Å²) in [5.41, 5.74) is 0.706. The zero-order valence-corrected chi connectivity index (χ0v) is 8.35. The zero-order chi connectivity index (χ0) is 10.6. The molecule has 1 rings (SSSR count). The second kappa shape index (κ2) is 4.61. The van der Waals surface area contributed by atoms with Crippen molar-refractivity contribution in [3.63, 3.8) is 0 Å². The number of anilines is 1. The highest BCUT2D eigenvalue weighted by molar-refractivity contribution is 7.12. The minimum Gasteiger partial charge on any atom is -0.480 e. The molecule has 1 aromatic heterocycles. The van der Waals surface area contributed by atoms with E-state index in [0.717, 1.165) is 0 Å². The first-order chi connectivity index (χ1) is 6.65. The number of hydrogen-bond donors (Lipinski definition) is 3. The van der Waals surface area contributed by atoms with E-state index in [4.69, 9.17) is 5.11 Å². The lowest BCUT2D eigenvalue weighted by molar-refractivity contribution is -0.135. The van der Waals surface area contributed by atoms with Crippen molar-refractivity contribution in [2.24, 2.45) is 0 Å². The standard InChI is InChI=1S/C8H10N2O3S/c1-9-5-2-3-14-7(5)8(13)10-4-6(11)12/h2-3,9H,4H2,1H3,(H,10,13)(H,11,12). The maximum atomic E-state index is 11.4. The molecule has 3 N–H and O–H groups in total. The molecule has 0 aliphatic rings. The van der Waals surface area contributed by atoms with Crippen LogP contribution < -0.4 is 10.6 Å². The van der Waals surface area contributed by atoms with Crippen LogP contribution >= 0.6 is 11.3 Å². The van der Waals surface area contributed by atoms with Crippen molar-refractivity contribution in [1.29, 1.82) is 0 Å². The maximum Gasteiger partial charge on any atom is 0.322 e. The predicted molar refractivity (Wildman–Crippen MR) is 53.8 cm³/mol. The van der Waals surface area contributed by atoms with Gasteiger partial charge >= 0.3 is 5.97 Å². The third-order valence-corrected chi connectivity index (χ3v) is 2.45. The number of carboxylic acid groups (broad SMARTS) is 1. The first-order valence-corrected chi connectivity index (χ1v) is 4.78. The number of hydrogen-bond acceptors (Lipinski definition) is 4. The largest absolute Gasteiger partial charge is 0.480 e. The third kappa shape index (κ3) is 2.46. The number of carbonyl (C=O) groups is 2. The summed E-state index contributed by atoms with van der Waals surface area (Å²) in [4.78, 5) is 22.1. The Labute approximate surface area is 84.7 Å². The van der Waals surface area contributed by atoms with E-state index in [1.165, 1.54) is 11.3 Å². The molecule has 0 aliphatic carbocycles. The fourth-order valence-corrected chi connectivity index (χ4v) is 1.73. The van der Waals surface area contributed by atoms with E-state index < -0.39 is 5.97 Å². The molecular formula is C8H10N2O3S. The maximum absolute atomic E-state index is 11.4. The number of carbonyl (C=O) groups excluding carboxylic acids is 1. The van der Waals surface area contributed by atoms with Crippen LogP contribution in [0, 0.1) is 0 Å². The molecule has 0 aliphatic heterocycles. The smallest absolute Gasteiger partial charge is 0.322 e. The van der Waals surface area contributed by atoms with Crippen molar-refractivity contribution in [2.75, 3.05) is 18.9 Å². The summed E-state index contributed by atoms with van der Waals surface area (Å²) in [6, 6.07) is 1.76. The van der Waals surface area contributed by atoms with Crippen LogP contribution in [0.15, 0.2) is 11.4 Å². The molecule has 0 radical (unpaired) electrons. The topological polar surface area (TPSA) is 78.4 Å². The van der Waals surface area contributed by atoms with Gasteiger partial charge in [-0.2, -0.15) is 0 Å². The molecule has 0 saturated heterocycles. The van der Waals surface area contributed by atoms with Crippen molar-refractivity contribution in [3.8, 4) is 0 Å². The lowest BCUT2D eigenvalue weighted by atomic mass is 10.3. The van der Waals surface area contributed by atoms with Gasteiger partial charge in [0.25, 0.3) is 5.91 Å². The molecule has 0 atom stereocenters. The Morgan fingerprint density at radius 2 is 2.29 bits per heavy atom. The molecule has 0 saturated carbocycles. The van der Waals surface area contributed by atoms with Crippen LogP contribution in [0.5, 0.6) is 0 Å². The van der Waals surface area contributed by atoms with Crippen molar-refractivity contribution in [3.05, 3.63) is 16.3 Å². The fourth-order valence-electron chi connectivity index (χ4n) is 0.918. The lowest BCUT2D eigenvalue weighted by Crippen LogP contribution is -2.28. The number of aliphatic carboxylic acids is 1. The van der Waals surface area contributed by atoms with Crippen LogP contribution in [-0.2, 0) is 4.79 Å². The Hall–Kier alpha value is -1.56. The van der Waals surface area contributed by atoms with Crippen LogP contribution in [0.25, 0.3) is 0 Å². The van der Waals surface area contributed by atoms with E-state index in [2.05, 4.69) is 10.6 Å². The molecule has 0 spiro atoms. The van der Waals surface area contributed by atoms with Gasteiger partial charge in [0, 0.05) is 7.05 Å². The summed E-state index contributed by atoms with van der Waals surface area (Å²) >= 11 is 1.27. The van der Waals surface area contributed by atoms with Gasteiger partial charge in [-0.05, 0) is 11.4 Å². The molecule has 76 valence electrons. The van der Waals surface area contributed by atoms with Gasteiger partial charge in [0.1, 0.15) is 11.4 Å². The SMILES string of the molecule is CNc1ccsc1C(=O)NCC(=O)O. The summed E-state index contributed by atoms with van der Waals surface area (Å²) in [7, 11) is 1.70. The Balaban J connectivity index is 2.64. The van der Waals surface area contributed by atoms with E-state index in [0.29, 0.717) is 10.6 Å². The summed E-state index contributed by atoms with van der Waals surface area (Å²) in [6.07, 6.45) is 0. The predicted octanol–water partition coefficient (Wildman–Crippen LogP) is 0.604. The first kappa shape index (κ1) is 10.5. The van der Waals surface area contributed by atoms with Gasteiger partial charge < -0.3 is 15.7 Å². The summed E-state index contributed by atoms with van der Waals surface area (Å²) in [5, 5.41) is 15.3. The first-order valence-electron chi connectivity index (χ1n) is 3.90. The van der Waals surface area contributed by atoms with Gasteiger partial charge in [-0.25, -0.2) is 0 Å². The second-order valence-corrected chi connectivity index (χ2v) is 3.41. The monoisotopic (exact) mass is 214 g/mol. The average molecular weight is 214 g/mol. The summed E-state index contributed by atoms with van der Waals surface area (Å²) < 4.78 is 0. The molecule has 1 amide bonds. The zero-order valence-electron chi connectivity index (χ0n) is 7.53. The molecule has 0 bridgehead atoms. The molecule has 1 heterocycles. The fraction of sp³-hybridized carbons (Fsp3) is 0.250. The second-order valence-electron chi connectivity index (χ2n) is 2.49. The Morgan fingerprint density at radius 1 is 1.57 bits per heavy atom. The highest BCUT2D eigenvalue weighted by atomic mass is 32.1. The van der Waals surface area contributed by atoms with E-state index in [1.807, 2.05) is 0 Å². The Bertz CT molecular complexity index is 348. The van der Waals surface area contributed by atoms with Crippen LogP contribution in [0.3, 0.4) is 0 Å². The Kier molecular flexibility index (Phi) is 3.47. The molecular weight excluding hydrogens is 204 g/mol. The van der Waals surface area contributed by atoms with E-state index in [1.54, 1.807) is 18.5 Å². The number of carboxylic acids is 1. The molecule has 0 fully saturated rings. The highest BCUT2D eigenvalue weighted by Gasteiger charge is 2.12. The molecule has 1 aromatic rings. The normalized spacial score (nSPS) is 9.50. The number of rotatable bonds is 4. The molecule has 14 heavy (non-hydrogen) atoms. The van der Waals surface area contributed by atoms with Crippen LogP contribution in [0.2, 0.25) is 0 Å². The number of thiophene rings is 1. The number of nitrogens with one attached hydrogen (secondary N) is 2. The van der Waals surface area contributed by atoms with Crippen molar-refractivity contribution in [2.45, 2.75) is 0 Å². The minimum absolute atomic E-state index is 0.361. The average Bonchev–Trinajstić information content (AvgIpc) is 2.61. The molecule has 5 nitrogen and oxygen atoms in total. The highest BCUT2D eigenvalue weighted by Crippen LogP contribution is 2.21. The molecule has 6 heteroatoms. The van der Waals surface area contributed by atoms with Crippen LogP contribution in [-0.4, -0.2) is 30.6 Å². The minimum atomic E-state index is -1.05. The number of amides is 1. The van der Waals surface area contributed by atoms with Crippen molar-refractivity contribution < 1.29 is 14.7 Å². The van der Waals surface area contributed by atoms with E-state index in [-0.39, 0.29) is 12.5 Å².